The summed E-state index contributed by atoms with van der Waals surface area (Å²) in [6, 6.07) is 13.7. The van der Waals surface area contributed by atoms with Gasteiger partial charge in [-0.05, 0) is 68.1 Å². The summed E-state index contributed by atoms with van der Waals surface area (Å²) >= 11 is 0. The average Bonchev–Trinajstić information content (AvgIpc) is 2.86. The van der Waals surface area contributed by atoms with Crippen LogP contribution < -0.4 is 22.0 Å². The fourth-order valence-corrected chi connectivity index (χ4v) is 5.09. The molecule has 3 aromatic carbocycles. The Kier molecular flexibility index (Phi) is 7.57. The van der Waals surface area contributed by atoms with E-state index in [-0.39, 0.29) is 29.8 Å². The van der Waals surface area contributed by atoms with Crippen LogP contribution in [0, 0.1) is 5.92 Å². The molecule has 37 heavy (non-hydrogen) atoms. The Morgan fingerprint density at radius 2 is 1.65 bits per heavy atom. The van der Waals surface area contributed by atoms with E-state index in [0.29, 0.717) is 56.7 Å². The number of aromatic nitrogens is 1. The predicted molar refractivity (Wildman–Crippen MR) is 149 cm³/mol. The summed E-state index contributed by atoms with van der Waals surface area (Å²) in [5.41, 5.74) is 7.66. The third-order valence-corrected chi connectivity index (χ3v) is 6.80. The van der Waals surface area contributed by atoms with Crippen molar-refractivity contribution in [3.63, 3.8) is 0 Å². The number of anilines is 1. The maximum Gasteiger partial charge on any atom is 0.259 e. The first-order valence-corrected chi connectivity index (χ1v) is 12.5. The van der Waals surface area contributed by atoms with Crippen molar-refractivity contribution in [2.24, 2.45) is 11.7 Å². The maximum absolute atomic E-state index is 13.7. The first kappa shape index (κ1) is 26.3. The molecule has 1 unspecified atom stereocenters. The Labute approximate surface area is 215 Å². The third-order valence-electron chi connectivity index (χ3n) is 6.80. The van der Waals surface area contributed by atoms with E-state index in [1.54, 1.807) is 28.8 Å². The number of amides is 1. The minimum absolute atomic E-state index is 0.197. The first-order chi connectivity index (χ1) is 17.7. The van der Waals surface area contributed by atoms with Crippen LogP contribution in [0.3, 0.4) is 0 Å². The number of pyridine rings is 1. The molecule has 1 amide bonds. The van der Waals surface area contributed by atoms with E-state index in [1.165, 1.54) is 6.92 Å². The highest BCUT2D eigenvalue weighted by molar-refractivity contribution is 6.25. The van der Waals surface area contributed by atoms with Crippen molar-refractivity contribution < 1.29 is 14.7 Å². The molecule has 0 bridgehead atoms. The number of benzene rings is 3. The molecule has 0 aliphatic heterocycles. The second-order valence-electron chi connectivity index (χ2n) is 9.91. The van der Waals surface area contributed by atoms with Gasteiger partial charge < -0.3 is 20.7 Å². The summed E-state index contributed by atoms with van der Waals surface area (Å²) in [5.74, 6) is -0.335. The van der Waals surface area contributed by atoms with Gasteiger partial charge in [0.15, 0.2) is 5.78 Å². The van der Waals surface area contributed by atoms with E-state index in [9.17, 15) is 19.5 Å². The van der Waals surface area contributed by atoms with Gasteiger partial charge in [0.2, 0.25) is 0 Å². The highest BCUT2D eigenvalue weighted by Gasteiger charge is 2.23. The second-order valence-corrected chi connectivity index (χ2v) is 9.91. The molecule has 4 aromatic rings. The summed E-state index contributed by atoms with van der Waals surface area (Å²) < 4.78 is 1.55. The van der Waals surface area contributed by atoms with Crippen molar-refractivity contribution in [1.29, 1.82) is 0 Å². The van der Waals surface area contributed by atoms with Gasteiger partial charge in [0.25, 0.3) is 11.5 Å². The van der Waals surface area contributed by atoms with E-state index >= 15 is 0 Å². The van der Waals surface area contributed by atoms with Gasteiger partial charge in [-0.1, -0.05) is 38.6 Å². The maximum atomic E-state index is 13.7. The number of nitrogens with zero attached hydrogens (tertiary/aromatic N) is 1. The van der Waals surface area contributed by atoms with Crippen LogP contribution in [0.4, 0.5) is 5.69 Å². The Bertz CT molecular complexity index is 1550. The molecule has 192 valence electrons. The Balaban J connectivity index is 1.93. The number of rotatable bonds is 9. The van der Waals surface area contributed by atoms with Crippen molar-refractivity contribution in [1.82, 2.24) is 4.57 Å². The molecule has 7 nitrogen and oxygen atoms in total. The quantitative estimate of drug-likeness (QED) is 0.303. The molecular formula is C30H33N3O4. The fourth-order valence-electron chi connectivity index (χ4n) is 5.09. The number of carbonyl (C=O) groups is 2. The monoisotopic (exact) mass is 499 g/mol. The topological polar surface area (TPSA) is 114 Å². The molecule has 1 aromatic heterocycles. The zero-order valence-electron chi connectivity index (χ0n) is 21.5. The summed E-state index contributed by atoms with van der Waals surface area (Å²) in [6.07, 6.45) is 1.35. The minimum atomic E-state index is -0.430. The van der Waals surface area contributed by atoms with Crippen molar-refractivity contribution in [2.75, 3.05) is 18.5 Å². The predicted octanol–water partition coefficient (Wildman–Crippen LogP) is 3.82. The molecule has 4 rings (SSSR count). The lowest BCUT2D eigenvalue weighted by Gasteiger charge is -2.23. The third kappa shape index (κ3) is 4.92. The molecule has 0 saturated heterocycles. The molecule has 7 heteroatoms. The zero-order chi connectivity index (χ0) is 26.9. The summed E-state index contributed by atoms with van der Waals surface area (Å²) in [5, 5.41) is 15.5. The van der Waals surface area contributed by atoms with Gasteiger partial charge in [-0.3, -0.25) is 14.4 Å². The number of hydrogen-bond donors (Lipinski definition) is 3. The van der Waals surface area contributed by atoms with Crippen molar-refractivity contribution in [2.45, 2.75) is 39.7 Å². The lowest BCUT2D eigenvalue weighted by atomic mass is 9.91. The summed E-state index contributed by atoms with van der Waals surface area (Å²) in [4.78, 5) is 39.8. The number of carbonyl (C=O) groups excluding carboxylic acids is 2. The number of nitrogens with one attached hydrogen (secondary N) is 1. The van der Waals surface area contributed by atoms with Crippen LogP contribution in [0.15, 0.2) is 53.3 Å². The van der Waals surface area contributed by atoms with E-state index in [2.05, 4.69) is 11.9 Å². The highest BCUT2D eigenvalue weighted by atomic mass is 16.3. The first-order valence-electron chi connectivity index (χ1n) is 12.5. The molecule has 1 heterocycles. The van der Waals surface area contributed by atoms with E-state index in [1.807, 2.05) is 38.1 Å². The standard InChI is InChI=1S/C30H33N3O4/c1-17(2)15-22(16-34)33-18(3)23-9-11-25(29(36)32-21-7-5-20(6-8-21)13-14-31)28-24(19(4)35)10-12-26(27(23)28)30(33)37/h5-12,17,22,34H,3,13-16,31H2,1-2,4H3,(H,32,36). The zero-order valence-corrected chi connectivity index (χ0v) is 21.5. The summed E-state index contributed by atoms with van der Waals surface area (Å²) in [7, 11) is 0. The molecule has 4 N–H and O–H groups in total. The van der Waals surface area contributed by atoms with Gasteiger partial charge in [0.05, 0.1) is 12.6 Å². The van der Waals surface area contributed by atoms with Crippen LogP contribution in [-0.2, 0) is 6.42 Å². The van der Waals surface area contributed by atoms with Gasteiger partial charge in [-0.25, -0.2) is 0 Å². The van der Waals surface area contributed by atoms with Gasteiger partial charge in [-0.2, -0.15) is 0 Å². The Hall–Kier alpha value is -3.81. The SMILES string of the molecule is C=c1c2ccc(C(=O)Nc3ccc(CCN)cc3)c3c(C(C)=O)ccc(c(=O)n1C(CO)CC(C)C)c32. The van der Waals surface area contributed by atoms with Crippen LogP contribution in [0.2, 0.25) is 0 Å². The van der Waals surface area contributed by atoms with Gasteiger partial charge in [-0.15, -0.1) is 0 Å². The van der Waals surface area contributed by atoms with Crippen LogP contribution in [0.5, 0.6) is 0 Å². The Morgan fingerprint density at radius 1 is 1.00 bits per heavy atom. The Morgan fingerprint density at radius 3 is 2.24 bits per heavy atom. The number of hydrogen-bond acceptors (Lipinski definition) is 5. The van der Waals surface area contributed by atoms with Crippen molar-refractivity contribution in [3.05, 3.63) is 80.9 Å². The smallest absolute Gasteiger partial charge is 0.259 e. The minimum Gasteiger partial charge on any atom is -0.394 e. The van der Waals surface area contributed by atoms with Crippen LogP contribution >= 0.6 is 0 Å². The van der Waals surface area contributed by atoms with Crippen molar-refractivity contribution in [3.8, 4) is 0 Å². The number of aliphatic hydroxyl groups excluding tert-OH is 1. The molecule has 0 aliphatic carbocycles. The van der Waals surface area contributed by atoms with E-state index < -0.39 is 6.04 Å². The molecule has 0 spiro atoms. The average molecular weight is 500 g/mol. The normalized spacial score (nSPS) is 12.4. The molecule has 0 aliphatic rings. The number of aliphatic hydroxyl groups is 1. The second kappa shape index (κ2) is 10.7. The molecule has 0 saturated carbocycles. The largest absolute Gasteiger partial charge is 0.394 e. The number of Topliss-reactive ketones (excluding diaryl/α,β-unsaturated/α-hetero) is 1. The molecular weight excluding hydrogens is 466 g/mol. The fraction of sp³-hybridized carbons (Fsp3) is 0.300. The lowest BCUT2D eigenvalue weighted by Crippen LogP contribution is -2.38. The van der Waals surface area contributed by atoms with E-state index in [4.69, 9.17) is 5.73 Å². The van der Waals surface area contributed by atoms with Gasteiger partial charge in [0.1, 0.15) is 0 Å². The van der Waals surface area contributed by atoms with Crippen LogP contribution in [0.25, 0.3) is 28.1 Å². The van der Waals surface area contributed by atoms with Crippen LogP contribution in [-0.4, -0.2) is 34.5 Å². The van der Waals surface area contributed by atoms with E-state index in [0.717, 1.165) is 12.0 Å². The molecule has 1 atom stereocenters. The molecule has 0 radical (unpaired) electrons. The summed E-state index contributed by atoms with van der Waals surface area (Å²) in [6.45, 7) is 10.0. The van der Waals surface area contributed by atoms with Gasteiger partial charge in [0, 0.05) is 43.7 Å². The molecule has 0 fully saturated rings. The lowest BCUT2D eigenvalue weighted by molar-refractivity contribution is 0.101. The number of nitrogens with two attached hydrogens (primary N) is 1. The van der Waals surface area contributed by atoms with Gasteiger partial charge >= 0.3 is 0 Å². The number of ketones is 1. The highest BCUT2D eigenvalue weighted by Crippen LogP contribution is 2.31. The van der Waals surface area contributed by atoms with Crippen LogP contribution in [0.1, 0.15) is 59.5 Å². The van der Waals surface area contributed by atoms with Crippen molar-refractivity contribution >= 4 is 45.5 Å².